The molecule has 7 nitrogen and oxygen atoms in total. The van der Waals surface area contributed by atoms with Gasteiger partial charge in [-0.15, -0.1) is 0 Å². The Kier molecular flexibility index (Phi) is 8.76. The Morgan fingerprint density at radius 2 is 1.74 bits per heavy atom. The third-order valence-corrected chi connectivity index (χ3v) is 7.05. The van der Waals surface area contributed by atoms with Crippen LogP contribution in [0.5, 0.6) is 11.5 Å². The number of carbonyl (C=O) groups excluding carboxylic acids is 3. The molecule has 1 heterocycles. The Hall–Kier alpha value is -3.33. The van der Waals surface area contributed by atoms with Crippen LogP contribution in [0.15, 0.2) is 64.6 Å². The summed E-state index contributed by atoms with van der Waals surface area (Å²) in [6.45, 7) is 4.30. The number of benzene rings is 3. The van der Waals surface area contributed by atoms with Crippen LogP contribution in [-0.4, -0.2) is 24.5 Å². The SMILES string of the molecule is CCOc1cc(/C=C2/C(=O)NC(=O)N(c3ccccc3CC)C2=O)cc(Br)c1OCc1ccc(Cl)c(Cl)c1. The topological polar surface area (TPSA) is 84.9 Å². The maximum atomic E-state index is 13.4. The number of nitrogens with zero attached hydrogens (tertiary/aromatic N) is 1. The largest absolute Gasteiger partial charge is 0.490 e. The molecule has 196 valence electrons. The molecular formula is C28H23BrCl2N2O5. The Bertz CT molecular complexity index is 1460. The highest BCUT2D eigenvalue weighted by Gasteiger charge is 2.37. The zero-order valence-corrected chi connectivity index (χ0v) is 23.6. The number of barbiturate groups is 1. The zero-order chi connectivity index (χ0) is 27.4. The summed E-state index contributed by atoms with van der Waals surface area (Å²) in [6, 6.07) is 14.8. The predicted molar refractivity (Wildman–Crippen MR) is 151 cm³/mol. The molecule has 4 amide bonds. The summed E-state index contributed by atoms with van der Waals surface area (Å²) in [7, 11) is 0. The van der Waals surface area contributed by atoms with Gasteiger partial charge in [-0.1, -0.05) is 54.4 Å². The number of ether oxygens (including phenoxy) is 2. The van der Waals surface area contributed by atoms with Crippen LogP contribution in [0.1, 0.15) is 30.5 Å². The standard InChI is InChI=1S/C28H23BrCl2N2O5/c1-3-18-7-5-6-8-23(18)33-27(35)19(26(34)32-28(33)36)11-17-12-20(29)25(24(14-17)37-4-2)38-15-16-9-10-21(30)22(31)13-16/h5-14H,3-4,15H2,1-2H3,(H,32,34,36)/b19-11-. The molecular weight excluding hydrogens is 595 g/mol. The molecule has 0 atom stereocenters. The minimum atomic E-state index is -0.791. The third kappa shape index (κ3) is 5.88. The molecule has 1 aliphatic heterocycles. The Morgan fingerprint density at radius 3 is 2.45 bits per heavy atom. The molecule has 38 heavy (non-hydrogen) atoms. The van der Waals surface area contributed by atoms with Gasteiger partial charge in [0, 0.05) is 0 Å². The van der Waals surface area contributed by atoms with Gasteiger partial charge >= 0.3 is 6.03 Å². The molecule has 1 aliphatic rings. The second kappa shape index (κ2) is 12.0. The van der Waals surface area contributed by atoms with Crippen molar-refractivity contribution in [3.8, 4) is 11.5 Å². The van der Waals surface area contributed by atoms with Crippen molar-refractivity contribution in [3.05, 3.63) is 91.4 Å². The highest BCUT2D eigenvalue weighted by atomic mass is 79.9. The van der Waals surface area contributed by atoms with Gasteiger partial charge in [0.25, 0.3) is 11.8 Å². The fourth-order valence-corrected chi connectivity index (χ4v) is 4.82. The van der Waals surface area contributed by atoms with Crippen molar-refractivity contribution in [1.29, 1.82) is 0 Å². The van der Waals surface area contributed by atoms with E-state index in [1.54, 1.807) is 42.5 Å². The van der Waals surface area contributed by atoms with Crippen molar-refractivity contribution in [1.82, 2.24) is 5.32 Å². The monoisotopic (exact) mass is 616 g/mol. The number of nitrogens with one attached hydrogen (secondary N) is 1. The summed E-state index contributed by atoms with van der Waals surface area (Å²) < 4.78 is 12.3. The molecule has 10 heteroatoms. The first-order chi connectivity index (χ1) is 18.2. The van der Waals surface area contributed by atoms with Crippen LogP contribution in [0.25, 0.3) is 6.08 Å². The molecule has 3 aromatic rings. The van der Waals surface area contributed by atoms with Crippen LogP contribution in [0.4, 0.5) is 10.5 Å². The van der Waals surface area contributed by atoms with Gasteiger partial charge in [-0.2, -0.15) is 0 Å². The summed E-state index contributed by atoms with van der Waals surface area (Å²) in [5.74, 6) is -0.650. The van der Waals surface area contributed by atoms with E-state index in [2.05, 4.69) is 21.2 Å². The third-order valence-electron chi connectivity index (χ3n) is 5.72. The maximum Gasteiger partial charge on any atom is 0.335 e. The van der Waals surface area contributed by atoms with Crippen molar-refractivity contribution in [3.63, 3.8) is 0 Å². The number of carbonyl (C=O) groups is 3. The lowest BCUT2D eigenvalue weighted by molar-refractivity contribution is -0.122. The van der Waals surface area contributed by atoms with E-state index in [4.69, 9.17) is 32.7 Å². The van der Waals surface area contributed by atoms with Crippen molar-refractivity contribution >= 4 is 68.7 Å². The first-order valence-corrected chi connectivity index (χ1v) is 13.3. The smallest absolute Gasteiger partial charge is 0.335 e. The predicted octanol–water partition coefficient (Wildman–Crippen LogP) is 6.96. The van der Waals surface area contributed by atoms with Crippen molar-refractivity contribution < 1.29 is 23.9 Å². The van der Waals surface area contributed by atoms with Gasteiger partial charge in [0.15, 0.2) is 11.5 Å². The fraction of sp³-hybridized carbons (Fsp3) is 0.179. The molecule has 3 aromatic carbocycles. The van der Waals surface area contributed by atoms with Gasteiger partial charge in [0.1, 0.15) is 12.2 Å². The number of amides is 4. The van der Waals surface area contributed by atoms with Crippen LogP contribution in [-0.2, 0) is 22.6 Å². The first-order valence-electron chi connectivity index (χ1n) is 11.8. The van der Waals surface area contributed by atoms with E-state index < -0.39 is 17.8 Å². The molecule has 0 aromatic heterocycles. The van der Waals surface area contributed by atoms with Gasteiger partial charge in [0.05, 0.1) is 26.8 Å². The van der Waals surface area contributed by atoms with Gasteiger partial charge < -0.3 is 9.47 Å². The lowest BCUT2D eigenvalue weighted by Crippen LogP contribution is -2.54. The van der Waals surface area contributed by atoms with Gasteiger partial charge in [-0.3, -0.25) is 14.9 Å². The van der Waals surface area contributed by atoms with E-state index in [9.17, 15) is 14.4 Å². The fourth-order valence-electron chi connectivity index (χ4n) is 3.93. The molecule has 0 aliphatic carbocycles. The number of urea groups is 1. The second-order valence-electron chi connectivity index (χ2n) is 8.24. The zero-order valence-electron chi connectivity index (χ0n) is 20.5. The second-order valence-corrected chi connectivity index (χ2v) is 9.91. The highest BCUT2D eigenvalue weighted by Crippen LogP contribution is 2.38. The van der Waals surface area contributed by atoms with E-state index in [0.717, 1.165) is 16.0 Å². The lowest BCUT2D eigenvalue weighted by atomic mass is 10.0. The van der Waals surface area contributed by atoms with E-state index in [1.165, 1.54) is 6.08 Å². The summed E-state index contributed by atoms with van der Waals surface area (Å²) in [6.07, 6.45) is 2.02. The Balaban J connectivity index is 1.67. The van der Waals surface area contributed by atoms with Crippen molar-refractivity contribution in [2.45, 2.75) is 26.9 Å². The summed E-state index contributed by atoms with van der Waals surface area (Å²) in [5, 5.41) is 3.13. The average Bonchev–Trinajstić information content (AvgIpc) is 2.88. The summed E-state index contributed by atoms with van der Waals surface area (Å²) in [4.78, 5) is 39.7. The Morgan fingerprint density at radius 1 is 0.974 bits per heavy atom. The van der Waals surface area contributed by atoms with Crippen LogP contribution in [0.2, 0.25) is 10.0 Å². The van der Waals surface area contributed by atoms with Crippen LogP contribution in [0, 0.1) is 0 Å². The molecule has 0 spiro atoms. The van der Waals surface area contributed by atoms with Crippen molar-refractivity contribution in [2.75, 3.05) is 11.5 Å². The molecule has 0 unspecified atom stereocenters. The minimum Gasteiger partial charge on any atom is -0.490 e. The number of para-hydroxylation sites is 1. The molecule has 1 saturated heterocycles. The van der Waals surface area contributed by atoms with E-state index in [-0.39, 0.29) is 12.2 Å². The van der Waals surface area contributed by atoms with Gasteiger partial charge in [-0.05, 0) is 82.4 Å². The lowest BCUT2D eigenvalue weighted by Gasteiger charge is -2.28. The number of halogens is 3. The molecule has 1 fully saturated rings. The van der Waals surface area contributed by atoms with Crippen LogP contribution < -0.4 is 19.7 Å². The number of anilines is 1. The number of hydrogen-bond acceptors (Lipinski definition) is 5. The first kappa shape index (κ1) is 27.7. The molecule has 1 N–H and O–H groups in total. The van der Waals surface area contributed by atoms with Gasteiger partial charge in [-0.25, -0.2) is 9.69 Å². The molecule has 0 saturated carbocycles. The molecule has 0 radical (unpaired) electrons. The van der Waals surface area contributed by atoms with E-state index in [0.29, 0.717) is 50.3 Å². The van der Waals surface area contributed by atoms with E-state index >= 15 is 0 Å². The maximum absolute atomic E-state index is 13.4. The molecule has 4 rings (SSSR count). The quantitative estimate of drug-likeness (QED) is 0.218. The number of aryl methyl sites for hydroxylation is 1. The van der Waals surface area contributed by atoms with Crippen molar-refractivity contribution in [2.24, 2.45) is 0 Å². The summed E-state index contributed by atoms with van der Waals surface area (Å²) >= 11 is 15.6. The normalized spacial score (nSPS) is 14.6. The number of imide groups is 2. The number of rotatable bonds is 8. The summed E-state index contributed by atoms with van der Waals surface area (Å²) in [5.41, 5.74) is 2.35. The average molecular weight is 618 g/mol. The van der Waals surface area contributed by atoms with Gasteiger partial charge in [0.2, 0.25) is 0 Å². The molecule has 0 bridgehead atoms. The Labute approximate surface area is 238 Å². The van der Waals surface area contributed by atoms with Crippen LogP contribution in [0.3, 0.4) is 0 Å². The highest BCUT2D eigenvalue weighted by molar-refractivity contribution is 9.10. The number of hydrogen-bond donors (Lipinski definition) is 1. The van der Waals surface area contributed by atoms with E-state index in [1.807, 2.05) is 26.0 Å². The van der Waals surface area contributed by atoms with Crippen LogP contribution >= 0.6 is 39.1 Å². The minimum absolute atomic E-state index is 0.186.